The van der Waals surface area contributed by atoms with Crippen molar-refractivity contribution < 1.29 is 77.4 Å². The van der Waals surface area contributed by atoms with Crippen molar-refractivity contribution in [2.45, 2.75) is 30.4 Å². The molecule has 1 saturated heterocycles. The fourth-order valence-corrected chi connectivity index (χ4v) is 1.16. The molecule has 21 heavy (non-hydrogen) atoms. The van der Waals surface area contributed by atoms with Gasteiger partial charge in [0.2, 0.25) is 0 Å². The first-order chi connectivity index (χ1) is 8.52. The van der Waals surface area contributed by atoms with Gasteiger partial charge in [-0.25, -0.2) is 4.74 Å². The van der Waals surface area contributed by atoms with E-state index in [0.717, 1.165) is 0 Å². The van der Waals surface area contributed by atoms with Crippen molar-refractivity contribution in [1.29, 1.82) is 0 Å². The van der Waals surface area contributed by atoms with Gasteiger partial charge in [0.25, 0.3) is 0 Å². The second kappa shape index (κ2) is 4.90. The number of aliphatic carboxylic acids is 1. The number of morpholine rings is 1. The summed E-state index contributed by atoms with van der Waals surface area (Å²) in [5.41, 5.74) is 0. The second-order valence-corrected chi connectivity index (χ2v) is 3.38. The third-order valence-corrected chi connectivity index (χ3v) is 2.04. The number of ether oxygens (including phenoxy) is 1. The van der Waals surface area contributed by atoms with Gasteiger partial charge >= 0.3 is 49.2 Å². The van der Waals surface area contributed by atoms with E-state index < -0.39 is 41.2 Å². The summed E-state index contributed by atoms with van der Waals surface area (Å²) in [4.78, 5) is 6.37. The largest absolute Gasteiger partial charge is 1.00 e. The van der Waals surface area contributed by atoms with Gasteiger partial charge < -0.3 is 9.90 Å². The molecule has 0 aromatic heterocycles. The van der Waals surface area contributed by atoms with Crippen molar-refractivity contribution in [3.8, 4) is 0 Å². The van der Waals surface area contributed by atoms with Crippen LogP contribution in [0, 0.1) is 0 Å². The number of carboxylic acid groups (broad SMARTS) is 1. The predicted octanol–water partition coefficient (Wildman–Crippen LogP) is -1.96. The van der Waals surface area contributed by atoms with Crippen LogP contribution in [0.4, 0.5) is 43.9 Å². The number of carboxylic acids is 1. The molecule has 1 aliphatic heterocycles. The van der Waals surface area contributed by atoms with E-state index >= 15 is 0 Å². The zero-order chi connectivity index (χ0) is 16.4. The predicted molar refractivity (Wildman–Crippen MR) is 32.7 cm³/mol. The van der Waals surface area contributed by atoms with Gasteiger partial charge in [0.15, 0.2) is 0 Å². The summed E-state index contributed by atoms with van der Waals surface area (Å²) in [6.07, 6.45) is -13.1. The van der Waals surface area contributed by atoms with Crippen LogP contribution in [0.5, 0.6) is 0 Å². The number of carbonyl (C=O) groups excluding carboxylic acids is 1. The van der Waals surface area contributed by atoms with E-state index in [1.807, 2.05) is 4.74 Å². The van der Waals surface area contributed by atoms with Gasteiger partial charge in [-0.1, -0.05) is 0 Å². The van der Waals surface area contributed by atoms with E-state index in [2.05, 4.69) is 0 Å². The van der Waals surface area contributed by atoms with Crippen molar-refractivity contribution in [3.05, 3.63) is 0 Å². The van der Waals surface area contributed by atoms with E-state index in [9.17, 15) is 53.8 Å². The van der Waals surface area contributed by atoms with Crippen molar-refractivity contribution in [1.82, 2.24) is 4.90 Å². The Hall–Kier alpha value is -0.713. The fraction of sp³-hybridized carbons (Fsp3) is 0.833. The van der Waals surface area contributed by atoms with Crippen LogP contribution in [-0.2, 0) is 9.53 Å². The minimum Gasteiger partial charge on any atom is -0.543 e. The molecule has 1 fully saturated rings. The third-order valence-electron chi connectivity index (χ3n) is 2.04. The summed E-state index contributed by atoms with van der Waals surface area (Å²) in [6.45, 7) is 0. The molecule has 1 heterocycles. The molecular weight excluding hydrogens is 331 g/mol. The van der Waals surface area contributed by atoms with Gasteiger partial charge in [-0.3, -0.25) is 0 Å². The maximum absolute atomic E-state index is 12.8. The zero-order valence-electron chi connectivity index (χ0n) is 9.45. The van der Waals surface area contributed by atoms with E-state index in [0.29, 0.717) is 0 Å². The van der Waals surface area contributed by atoms with Gasteiger partial charge in [-0.15, -0.1) is 4.90 Å². The molecule has 0 N–H and O–H groups in total. The molecule has 0 unspecified atom stereocenters. The van der Waals surface area contributed by atoms with Crippen LogP contribution < -0.4 is 24.0 Å². The molecule has 0 aromatic rings. The smallest absolute Gasteiger partial charge is 0.543 e. The molecule has 1 rings (SSSR count). The van der Waals surface area contributed by atoms with E-state index in [-0.39, 0.29) is 18.9 Å². The normalized spacial score (nSPS) is 26.8. The van der Waals surface area contributed by atoms with Gasteiger partial charge in [-0.2, -0.15) is 43.9 Å². The van der Waals surface area contributed by atoms with E-state index in [4.69, 9.17) is 0 Å². The molecular formula is C6F10LiNO3. The molecule has 15 heteroatoms. The molecule has 1 aliphatic rings. The molecule has 118 valence electrons. The van der Waals surface area contributed by atoms with Gasteiger partial charge in [0, 0.05) is 0 Å². The number of hydrogen-bond acceptors (Lipinski definition) is 4. The second-order valence-electron chi connectivity index (χ2n) is 3.38. The maximum Gasteiger partial charge on any atom is 1.00 e. The fourth-order valence-electron chi connectivity index (χ4n) is 1.16. The Morgan fingerprint density at radius 3 is 1.43 bits per heavy atom. The van der Waals surface area contributed by atoms with Gasteiger partial charge in [0.05, 0.1) is 0 Å². The number of halogens is 10. The molecule has 0 radical (unpaired) electrons. The monoisotopic (exact) mass is 331 g/mol. The maximum atomic E-state index is 12.8. The Balaban J connectivity index is 0.00000400. The van der Waals surface area contributed by atoms with Crippen LogP contribution in [0.3, 0.4) is 0 Å². The Kier molecular flexibility index (Phi) is 4.73. The molecule has 0 amide bonds. The van der Waals surface area contributed by atoms with Crippen molar-refractivity contribution >= 4 is 5.97 Å². The Morgan fingerprint density at radius 1 is 0.905 bits per heavy atom. The van der Waals surface area contributed by atoms with Crippen molar-refractivity contribution in [2.75, 3.05) is 0 Å². The number of hydrogen-bond donors (Lipinski definition) is 0. The number of rotatable bonds is 2. The average molecular weight is 331 g/mol. The van der Waals surface area contributed by atoms with Crippen LogP contribution in [0.2, 0.25) is 0 Å². The van der Waals surface area contributed by atoms with Crippen LogP contribution >= 0.6 is 0 Å². The Labute approximate surface area is 119 Å². The zero-order valence-corrected chi connectivity index (χ0v) is 9.45. The van der Waals surface area contributed by atoms with E-state index in [1.165, 1.54) is 0 Å². The summed E-state index contributed by atoms with van der Waals surface area (Å²) in [6, 6.07) is -20.1. The summed E-state index contributed by atoms with van der Waals surface area (Å²) in [7, 11) is 0. The number of nitrogens with zero attached hydrogens (tertiary/aromatic N) is 1. The van der Waals surface area contributed by atoms with Crippen LogP contribution in [0.25, 0.3) is 0 Å². The topological polar surface area (TPSA) is 52.6 Å². The number of carbonyl (C=O) groups is 1. The first-order valence-corrected chi connectivity index (χ1v) is 4.13. The summed E-state index contributed by atoms with van der Waals surface area (Å²) < 4.78 is 128. The number of alkyl halides is 10. The van der Waals surface area contributed by atoms with Crippen LogP contribution in [0.1, 0.15) is 0 Å². The minimum atomic E-state index is -6.78. The molecule has 4 nitrogen and oxygen atoms in total. The van der Waals surface area contributed by atoms with Gasteiger partial charge in [-0.05, 0) is 0 Å². The molecule has 0 atom stereocenters. The average Bonchev–Trinajstić information content (AvgIpc) is 2.11. The molecule has 0 aliphatic carbocycles. The summed E-state index contributed by atoms with van der Waals surface area (Å²) in [5.74, 6) is -4.02. The minimum absolute atomic E-state index is 0. The van der Waals surface area contributed by atoms with E-state index in [1.54, 1.807) is 0 Å². The standard InChI is InChI=1S/C6HF10NO3.Li/c7-2(8,1(18)19)17-3(9,10)5(13,14)20-6(15,16)4(17,11)12;/h(H,18,19);/q;+1/p-1. The quantitative estimate of drug-likeness (QED) is 0.335. The molecule has 0 bridgehead atoms. The SMILES string of the molecule is O=C([O-])C(F)(F)N1C(F)(F)C(F)(F)OC(F)(F)C1(F)F.[Li+]. The first-order valence-electron chi connectivity index (χ1n) is 4.13. The van der Waals surface area contributed by atoms with Gasteiger partial charge in [0.1, 0.15) is 5.97 Å². The first kappa shape index (κ1) is 20.3. The van der Waals surface area contributed by atoms with Crippen LogP contribution in [-0.4, -0.2) is 41.2 Å². The van der Waals surface area contributed by atoms with Crippen molar-refractivity contribution in [2.24, 2.45) is 0 Å². The molecule has 0 saturated carbocycles. The Bertz CT molecular complexity index is 415. The molecule has 0 spiro atoms. The summed E-state index contributed by atoms with van der Waals surface area (Å²) in [5, 5.41) is 9.82. The Morgan fingerprint density at radius 2 is 1.19 bits per heavy atom. The van der Waals surface area contributed by atoms with Crippen molar-refractivity contribution in [3.63, 3.8) is 0 Å². The van der Waals surface area contributed by atoms with Crippen LogP contribution in [0.15, 0.2) is 0 Å². The summed E-state index contributed by atoms with van der Waals surface area (Å²) >= 11 is 0. The molecule has 0 aromatic carbocycles. The third kappa shape index (κ3) is 2.58.